The van der Waals surface area contributed by atoms with E-state index >= 15 is 0 Å². The minimum atomic E-state index is -0.615. The van der Waals surface area contributed by atoms with Crippen molar-refractivity contribution in [2.45, 2.75) is 0 Å². The first-order valence-electron chi connectivity index (χ1n) is 6.85. The zero-order valence-corrected chi connectivity index (χ0v) is 13.5. The lowest BCUT2D eigenvalue weighted by molar-refractivity contribution is -0.112. The van der Waals surface area contributed by atoms with Gasteiger partial charge in [-0.1, -0.05) is 23.7 Å². The number of hydrogen-bond donors (Lipinski definition) is 3. The summed E-state index contributed by atoms with van der Waals surface area (Å²) in [6.45, 7) is 0. The molecule has 0 aliphatic rings. The van der Waals surface area contributed by atoms with Gasteiger partial charge in [0.25, 0.3) is 5.91 Å². The molecule has 0 heterocycles. The molecule has 122 valence electrons. The van der Waals surface area contributed by atoms with Gasteiger partial charge in [-0.05, 0) is 30.3 Å². The first-order valence-corrected chi connectivity index (χ1v) is 7.22. The second-order valence-corrected chi connectivity index (χ2v) is 5.07. The number of nitrogens with zero attached hydrogens (tertiary/aromatic N) is 1. The van der Waals surface area contributed by atoms with Crippen LogP contribution in [-0.4, -0.2) is 18.1 Å². The predicted octanol–water partition coefficient (Wildman–Crippen LogP) is 3.51. The van der Waals surface area contributed by atoms with Crippen LogP contribution in [0.25, 0.3) is 0 Å². The van der Waals surface area contributed by atoms with Crippen molar-refractivity contribution >= 4 is 28.9 Å². The third kappa shape index (κ3) is 4.18. The van der Waals surface area contributed by atoms with Gasteiger partial charge in [0.05, 0.1) is 18.5 Å². The van der Waals surface area contributed by atoms with E-state index in [1.807, 2.05) is 0 Å². The number of para-hydroxylation sites is 2. The van der Waals surface area contributed by atoms with Gasteiger partial charge in [-0.3, -0.25) is 4.79 Å². The Bertz CT molecular complexity index is 828. The van der Waals surface area contributed by atoms with Gasteiger partial charge in [0.15, 0.2) is 0 Å². The lowest BCUT2D eigenvalue weighted by atomic mass is 10.2. The van der Waals surface area contributed by atoms with Gasteiger partial charge in [-0.2, -0.15) is 5.26 Å². The Kier molecular flexibility index (Phi) is 5.66. The second-order valence-electron chi connectivity index (χ2n) is 4.63. The SMILES string of the molecule is COc1ccccc1NC(=O)/C(C#N)=C\Nc1cc(Cl)ccc1O. The largest absolute Gasteiger partial charge is 0.506 e. The highest BCUT2D eigenvalue weighted by atomic mass is 35.5. The van der Waals surface area contributed by atoms with Crippen molar-refractivity contribution < 1.29 is 14.6 Å². The molecule has 0 aliphatic heterocycles. The number of carbonyl (C=O) groups is 1. The zero-order chi connectivity index (χ0) is 17.5. The molecule has 2 aromatic rings. The average molecular weight is 344 g/mol. The Hall–Kier alpha value is -3.17. The molecule has 0 bridgehead atoms. The number of carbonyl (C=O) groups excluding carboxylic acids is 1. The normalized spacial score (nSPS) is 10.6. The number of amides is 1. The fourth-order valence-corrected chi connectivity index (χ4v) is 2.03. The van der Waals surface area contributed by atoms with Gasteiger partial charge in [0, 0.05) is 11.2 Å². The molecular formula is C17H14ClN3O3. The van der Waals surface area contributed by atoms with E-state index in [-0.39, 0.29) is 17.0 Å². The molecule has 0 unspecified atom stereocenters. The number of benzene rings is 2. The van der Waals surface area contributed by atoms with Crippen molar-refractivity contribution in [2.24, 2.45) is 0 Å². The van der Waals surface area contributed by atoms with Crippen LogP contribution < -0.4 is 15.4 Å². The third-order valence-electron chi connectivity index (χ3n) is 3.05. The van der Waals surface area contributed by atoms with Crippen LogP contribution in [0.2, 0.25) is 5.02 Å². The molecule has 0 fully saturated rings. The molecule has 0 aliphatic carbocycles. The Labute approximate surface area is 143 Å². The molecule has 0 saturated carbocycles. The van der Waals surface area contributed by atoms with Gasteiger partial charge >= 0.3 is 0 Å². The average Bonchev–Trinajstić information content (AvgIpc) is 2.58. The van der Waals surface area contributed by atoms with Gasteiger partial charge in [0.1, 0.15) is 23.1 Å². The summed E-state index contributed by atoms with van der Waals surface area (Å²) in [6, 6.07) is 13.0. The van der Waals surface area contributed by atoms with Crippen molar-refractivity contribution in [1.82, 2.24) is 0 Å². The summed E-state index contributed by atoms with van der Waals surface area (Å²) in [5.74, 6) is -0.197. The van der Waals surface area contributed by atoms with E-state index in [0.717, 1.165) is 0 Å². The summed E-state index contributed by atoms with van der Waals surface area (Å²) in [4.78, 5) is 12.2. The fourth-order valence-electron chi connectivity index (χ4n) is 1.86. The van der Waals surface area contributed by atoms with Crippen LogP contribution in [0.15, 0.2) is 54.2 Å². The molecule has 7 heteroatoms. The molecule has 2 aromatic carbocycles. The van der Waals surface area contributed by atoms with E-state index in [4.69, 9.17) is 21.6 Å². The van der Waals surface area contributed by atoms with E-state index in [0.29, 0.717) is 16.5 Å². The van der Waals surface area contributed by atoms with E-state index in [1.165, 1.54) is 31.5 Å². The van der Waals surface area contributed by atoms with Gasteiger partial charge in [0.2, 0.25) is 0 Å². The summed E-state index contributed by atoms with van der Waals surface area (Å²) in [5, 5.41) is 24.6. The van der Waals surface area contributed by atoms with Crippen LogP contribution in [0.1, 0.15) is 0 Å². The topological polar surface area (TPSA) is 94.4 Å². The van der Waals surface area contributed by atoms with Crippen LogP contribution >= 0.6 is 11.6 Å². The molecule has 0 spiro atoms. The van der Waals surface area contributed by atoms with Crippen molar-refractivity contribution in [3.05, 3.63) is 59.3 Å². The van der Waals surface area contributed by atoms with Gasteiger partial charge in [-0.15, -0.1) is 0 Å². The lowest BCUT2D eigenvalue weighted by Gasteiger charge is -2.09. The molecule has 24 heavy (non-hydrogen) atoms. The Morgan fingerprint density at radius 3 is 2.75 bits per heavy atom. The number of rotatable bonds is 5. The zero-order valence-electron chi connectivity index (χ0n) is 12.7. The van der Waals surface area contributed by atoms with Crippen LogP contribution in [0.5, 0.6) is 11.5 Å². The monoisotopic (exact) mass is 343 g/mol. The standard InChI is InChI=1S/C17H14ClN3O3/c1-24-16-5-3-2-4-13(16)21-17(23)11(9-19)10-20-14-8-12(18)6-7-15(14)22/h2-8,10,20,22H,1H3,(H,21,23)/b11-10-. The highest BCUT2D eigenvalue weighted by Gasteiger charge is 2.12. The Morgan fingerprint density at radius 1 is 1.29 bits per heavy atom. The first kappa shape index (κ1) is 17.2. The minimum Gasteiger partial charge on any atom is -0.506 e. The van der Waals surface area contributed by atoms with Gasteiger partial charge < -0.3 is 20.5 Å². The van der Waals surface area contributed by atoms with Crippen LogP contribution in [0.3, 0.4) is 0 Å². The van der Waals surface area contributed by atoms with Crippen molar-refractivity contribution in [3.63, 3.8) is 0 Å². The molecular weight excluding hydrogens is 330 g/mol. The summed E-state index contributed by atoms with van der Waals surface area (Å²) in [5.41, 5.74) is 0.539. The fraction of sp³-hybridized carbons (Fsp3) is 0.0588. The number of anilines is 2. The van der Waals surface area contributed by atoms with E-state index in [9.17, 15) is 9.90 Å². The van der Waals surface area contributed by atoms with Crippen molar-refractivity contribution in [3.8, 4) is 17.6 Å². The van der Waals surface area contributed by atoms with Crippen LogP contribution in [0.4, 0.5) is 11.4 Å². The van der Waals surface area contributed by atoms with Gasteiger partial charge in [-0.25, -0.2) is 0 Å². The number of hydrogen-bond acceptors (Lipinski definition) is 5. The molecule has 0 aromatic heterocycles. The Morgan fingerprint density at radius 2 is 2.04 bits per heavy atom. The third-order valence-corrected chi connectivity index (χ3v) is 3.29. The first-order chi connectivity index (χ1) is 11.5. The summed E-state index contributed by atoms with van der Waals surface area (Å²) < 4.78 is 5.14. The van der Waals surface area contributed by atoms with Crippen LogP contribution in [-0.2, 0) is 4.79 Å². The number of phenolic OH excluding ortho intramolecular Hbond substituents is 1. The molecule has 6 nitrogen and oxygen atoms in total. The number of halogens is 1. The number of aromatic hydroxyl groups is 1. The minimum absolute atomic E-state index is 0.0573. The number of nitrogens with one attached hydrogen (secondary N) is 2. The molecule has 0 radical (unpaired) electrons. The molecule has 0 saturated heterocycles. The maximum atomic E-state index is 12.2. The second kappa shape index (κ2) is 7.90. The Balaban J connectivity index is 2.17. The highest BCUT2D eigenvalue weighted by Crippen LogP contribution is 2.27. The van der Waals surface area contributed by atoms with Crippen LogP contribution in [0, 0.1) is 11.3 Å². The van der Waals surface area contributed by atoms with Crippen molar-refractivity contribution in [2.75, 3.05) is 17.7 Å². The summed E-state index contributed by atoms with van der Waals surface area (Å²) >= 11 is 5.84. The number of phenols is 1. The molecule has 1 amide bonds. The maximum absolute atomic E-state index is 12.2. The summed E-state index contributed by atoms with van der Waals surface area (Å²) in [6.07, 6.45) is 1.19. The van der Waals surface area contributed by atoms with E-state index in [1.54, 1.807) is 30.3 Å². The number of methoxy groups -OCH3 is 1. The predicted molar refractivity (Wildman–Crippen MR) is 92.1 cm³/mol. The quantitative estimate of drug-likeness (QED) is 0.438. The highest BCUT2D eigenvalue weighted by molar-refractivity contribution is 6.30. The lowest BCUT2D eigenvalue weighted by Crippen LogP contribution is -2.15. The number of nitriles is 1. The molecule has 2 rings (SSSR count). The maximum Gasteiger partial charge on any atom is 0.267 e. The van der Waals surface area contributed by atoms with E-state index in [2.05, 4.69) is 10.6 Å². The van der Waals surface area contributed by atoms with Crippen molar-refractivity contribution in [1.29, 1.82) is 5.26 Å². The smallest absolute Gasteiger partial charge is 0.267 e. The molecule has 0 atom stereocenters. The summed E-state index contributed by atoms with van der Waals surface area (Å²) in [7, 11) is 1.48. The van der Waals surface area contributed by atoms with E-state index < -0.39 is 5.91 Å². The number of ether oxygens (including phenoxy) is 1. The molecule has 3 N–H and O–H groups in total.